The van der Waals surface area contributed by atoms with E-state index in [-0.39, 0.29) is 0 Å². The summed E-state index contributed by atoms with van der Waals surface area (Å²) >= 11 is 1.50. The van der Waals surface area contributed by atoms with E-state index in [0.29, 0.717) is 22.4 Å². The zero-order valence-corrected chi connectivity index (χ0v) is 13.8. The number of oxazole rings is 2. The van der Waals surface area contributed by atoms with Gasteiger partial charge < -0.3 is 8.83 Å². The van der Waals surface area contributed by atoms with Crippen molar-refractivity contribution < 1.29 is 8.83 Å². The first kappa shape index (κ1) is 14.8. The van der Waals surface area contributed by atoms with E-state index in [1.807, 2.05) is 66.9 Å². The second kappa shape index (κ2) is 6.37. The van der Waals surface area contributed by atoms with Crippen molar-refractivity contribution in [2.75, 3.05) is 6.26 Å². The summed E-state index contributed by atoms with van der Waals surface area (Å²) in [5.41, 5.74) is 3.36. The minimum Gasteiger partial charge on any atom is -0.441 e. The summed E-state index contributed by atoms with van der Waals surface area (Å²) in [5, 5.41) is 0.711. The van der Waals surface area contributed by atoms with Crippen molar-refractivity contribution in [2.45, 2.75) is 5.09 Å². The summed E-state index contributed by atoms with van der Waals surface area (Å²) in [7, 11) is 0. The zero-order valence-electron chi connectivity index (χ0n) is 13.0. The predicted molar refractivity (Wildman–Crippen MR) is 94.7 cm³/mol. The van der Waals surface area contributed by atoms with Gasteiger partial charge in [-0.2, -0.15) is 0 Å². The first-order valence-electron chi connectivity index (χ1n) is 7.46. The van der Waals surface area contributed by atoms with Gasteiger partial charge in [-0.3, -0.25) is 0 Å². The van der Waals surface area contributed by atoms with Crippen LogP contribution in [-0.4, -0.2) is 16.2 Å². The van der Waals surface area contributed by atoms with E-state index < -0.39 is 0 Å². The molecule has 24 heavy (non-hydrogen) atoms. The van der Waals surface area contributed by atoms with Crippen LogP contribution in [0.5, 0.6) is 0 Å². The molecule has 4 nitrogen and oxygen atoms in total. The molecule has 4 rings (SSSR count). The van der Waals surface area contributed by atoms with Gasteiger partial charge in [0.2, 0.25) is 5.89 Å². The standard InChI is InChI=1S/C19H14N2O2S/c1-24-19-16(21-18(23-19)14-10-6-3-7-11-14)17-15(20-12-22-17)13-8-4-2-5-9-13/h2-12H,1H3. The Morgan fingerprint density at radius 3 is 2.17 bits per heavy atom. The number of aromatic nitrogens is 2. The van der Waals surface area contributed by atoms with Crippen LogP contribution < -0.4 is 0 Å². The minimum atomic E-state index is 0.574. The Hall–Kier alpha value is -2.79. The first-order valence-corrected chi connectivity index (χ1v) is 8.69. The van der Waals surface area contributed by atoms with Crippen LogP contribution in [0, 0.1) is 0 Å². The maximum absolute atomic E-state index is 5.93. The van der Waals surface area contributed by atoms with Gasteiger partial charge in [0.15, 0.2) is 22.9 Å². The normalized spacial score (nSPS) is 10.9. The van der Waals surface area contributed by atoms with E-state index >= 15 is 0 Å². The van der Waals surface area contributed by atoms with Crippen molar-refractivity contribution in [3.05, 3.63) is 67.1 Å². The molecule has 0 saturated carbocycles. The average molecular weight is 334 g/mol. The van der Waals surface area contributed by atoms with Crippen LogP contribution in [0.1, 0.15) is 0 Å². The molecule has 0 amide bonds. The molecular weight excluding hydrogens is 320 g/mol. The molecule has 5 heteroatoms. The monoisotopic (exact) mass is 334 g/mol. The lowest BCUT2D eigenvalue weighted by atomic mass is 10.1. The Bertz CT molecular complexity index is 946. The lowest BCUT2D eigenvalue weighted by Crippen LogP contribution is -1.84. The lowest BCUT2D eigenvalue weighted by molar-refractivity contribution is 0.483. The molecule has 118 valence electrons. The maximum Gasteiger partial charge on any atom is 0.228 e. The lowest BCUT2D eigenvalue weighted by Gasteiger charge is -1.99. The number of thioether (sulfide) groups is 1. The highest BCUT2D eigenvalue weighted by molar-refractivity contribution is 7.98. The van der Waals surface area contributed by atoms with Gasteiger partial charge >= 0.3 is 0 Å². The fourth-order valence-corrected chi connectivity index (χ4v) is 3.00. The van der Waals surface area contributed by atoms with Gasteiger partial charge in [0.1, 0.15) is 5.69 Å². The third-order valence-corrected chi connectivity index (χ3v) is 4.28. The topological polar surface area (TPSA) is 52.1 Å². The molecule has 0 N–H and O–H groups in total. The highest BCUT2D eigenvalue weighted by Crippen LogP contribution is 2.38. The molecule has 2 heterocycles. The SMILES string of the molecule is CSc1oc(-c2ccccc2)nc1-c1ocnc1-c1ccccc1. The number of benzene rings is 2. The second-order valence-electron chi connectivity index (χ2n) is 5.12. The number of nitrogens with zero attached hydrogens (tertiary/aromatic N) is 2. The van der Waals surface area contributed by atoms with Crippen molar-refractivity contribution in [3.8, 4) is 34.2 Å². The minimum absolute atomic E-state index is 0.574. The van der Waals surface area contributed by atoms with E-state index in [9.17, 15) is 0 Å². The van der Waals surface area contributed by atoms with E-state index in [1.54, 1.807) is 0 Å². The quantitative estimate of drug-likeness (QED) is 0.469. The van der Waals surface area contributed by atoms with Gasteiger partial charge in [0, 0.05) is 11.1 Å². The fraction of sp³-hybridized carbons (Fsp3) is 0.0526. The van der Waals surface area contributed by atoms with Crippen LogP contribution >= 0.6 is 11.8 Å². The van der Waals surface area contributed by atoms with Crippen molar-refractivity contribution in [1.29, 1.82) is 0 Å². The smallest absolute Gasteiger partial charge is 0.228 e. The van der Waals surface area contributed by atoms with Gasteiger partial charge in [-0.25, -0.2) is 9.97 Å². The van der Waals surface area contributed by atoms with E-state index in [1.165, 1.54) is 18.2 Å². The van der Waals surface area contributed by atoms with Crippen LogP contribution in [-0.2, 0) is 0 Å². The molecule has 0 atom stereocenters. The van der Waals surface area contributed by atoms with Gasteiger partial charge in [-0.05, 0) is 18.4 Å². The largest absolute Gasteiger partial charge is 0.441 e. The van der Waals surface area contributed by atoms with Crippen LogP contribution in [0.3, 0.4) is 0 Å². The Morgan fingerprint density at radius 2 is 1.50 bits per heavy atom. The molecule has 0 aliphatic rings. The molecule has 0 bridgehead atoms. The van der Waals surface area contributed by atoms with Crippen molar-refractivity contribution >= 4 is 11.8 Å². The molecule has 0 saturated heterocycles. The summed E-state index contributed by atoms with van der Waals surface area (Å²) in [6.07, 6.45) is 3.40. The molecule has 0 radical (unpaired) electrons. The van der Waals surface area contributed by atoms with E-state index in [2.05, 4.69) is 9.97 Å². The molecule has 0 aliphatic carbocycles. The van der Waals surface area contributed by atoms with Crippen molar-refractivity contribution in [1.82, 2.24) is 9.97 Å². The average Bonchev–Trinajstić information content (AvgIpc) is 3.29. The highest BCUT2D eigenvalue weighted by atomic mass is 32.2. The molecular formula is C19H14N2O2S. The molecule has 0 aliphatic heterocycles. The fourth-order valence-electron chi connectivity index (χ4n) is 2.51. The van der Waals surface area contributed by atoms with Gasteiger partial charge in [0.05, 0.1) is 0 Å². The summed E-state index contributed by atoms with van der Waals surface area (Å²) in [6.45, 7) is 0. The Labute approximate surface area is 143 Å². The van der Waals surface area contributed by atoms with Crippen molar-refractivity contribution in [2.24, 2.45) is 0 Å². The van der Waals surface area contributed by atoms with Crippen LogP contribution in [0.4, 0.5) is 0 Å². The Morgan fingerprint density at radius 1 is 0.833 bits per heavy atom. The van der Waals surface area contributed by atoms with Crippen LogP contribution in [0.25, 0.3) is 34.2 Å². The number of hydrogen-bond acceptors (Lipinski definition) is 5. The second-order valence-corrected chi connectivity index (χ2v) is 5.90. The summed E-state index contributed by atoms with van der Waals surface area (Å²) in [6, 6.07) is 19.7. The number of hydrogen-bond donors (Lipinski definition) is 0. The molecule has 4 aromatic rings. The maximum atomic E-state index is 5.93. The predicted octanol–water partition coefficient (Wildman–Crippen LogP) is 5.39. The Balaban J connectivity index is 1.84. The number of rotatable bonds is 4. The van der Waals surface area contributed by atoms with Crippen molar-refractivity contribution in [3.63, 3.8) is 0 Å². The van der Waals surface area contributed by atoms with E-state index in [4.69, 9.17) is 8.83 Å². The molecule has 0 fully saturated rings. The Kier molecular flexibility index (Phi) is 3.92. The van der Waals surface area contributed by atoms with Gasteiger partial charge in [0.25, 0.3) is 0 Å². The van der Waals surface area contributed by atoms with Crippen LogP contribution in [0.2, 0.25) is 0 Å². The summed E-state index contributed by atoms with van der Waals surface area (Å²) < 4.78 is 11.6. The van der Waals surface area contributed by atoms with Gasteiger partial charge in [-0.1, -0.05) is 60.3 Å². The molecule has 2 aromatic carbocycles. The summed E-state index contributed by atoms with van der Waals surface area (Å²) in [4.78, 5) is 9.02. The molecule has 0 spiro atoms. The first-order chi connectivity index (χ1) is 11.9. The molecule has 2 aromatic heterocycles. The van der Waals surface area contributed by atoms with Crippen LogP contribution in [0.15, 0.2) is 81.0 Å². The summed E-state index contributed by atoms with van der Waals surface area (Å²) in [5.74, 6) is 1.20. The van der Waals surface area contributed by atoms with Gasteiger partial charge in [-0.15, -0.1) is 0 Å². The zero-order chi connectivity index (χ0) is 16.4. The molecule has 0 unspecified atom stereocenters. The third kappa shape index (κ3) is 2.63. The van der Waals surface area contributed by atoms with E-state index in [0.717, 1.165) is 16.8 Å². The third-order valence-electron chi connectivity index (χ3n) is 3.63. The highest BCUT2D eigenvalue weighted by Gasteiger charge is 2.22.